The maximum Gasteiger partial charge on any atom is 0.417 e. The molecule has 1 heterocycles. The van der Waals surface area contributed by atoms with Crippen molar-refractivity contribution in [3.8, 4) is 16.9 Å². The van der Waals surface area contributed by atoms with E-state index in [1.165, 1.54) is 67.8 Å². The molecule has 0 amide bonds. The first-order chi connectivity index (χ1) is 16.1. The van der Waals surface area contributed by atoms with Crippen molar-refractivity contribution in [2.45, 2.75) is 6.18 Å². The lowest BCUT2D eigenvalue weighted by atomic mass is 9.97. The molecule has 4 rings (SSSR count). The Bertz CT molecular complexity index is 1340. The minimum Gasteiger partial charge on any atom is -0.504 e. The van der Waals surface area contributed by atoms with E-state index in [1.54, 1.807) is 0 Å². The molecule has 0 saturated carbocycles. The number of hydrogen-bond donors (Lipinski definition) is 1. The van der Waals surface area contributed by atoms with Gasteiger partial charge in [0.05, 0.1) is 12.7 Å². The smallest absolute Gasteiger partial charge is 0.417 e. The Morgan fingerprint density at radius 1 is 0.971 bits per heavy atom. The summed E-state index contributed by atoms with van der Waals surface area (Å²) in [6.07, 6.45) is -3.18. The topological polar surface area (TPSA) is 55.8 Å². The lowest BCUT2D eigenvalue weighted by molar-refractivity contribution is -0.137. The Kier molecular flexibility index (Phi) is 6.34. The molecule has 0 bridgehead atoms. The number of cyclic esters (lactones) is 1. The molecule has 3 aromatic rings. The van der Waals surface area contributed by atoms with Crippen molar-refractivity contribution in [3.63, 3.8) is 0 Å². The van der Waals surface area contributed by atoms with Gasteiger partial charge in [0.25, 0.3) is 0 Å². The van der Waals surface area contributed by atoms with Gasteiger partial charge in [0, 0.05) is 15.6 Å². The molecule has 1 aliphatic rings. The number of methoxy groups -OCH3 is 1. The summed E-state index contributed by atoms with van der Waals surface area (Å²) in [6.45, 7) is 0. The zero-order chi connectivity index (χ0) is 24.6. The Morgan fingerprint density at radius 3 is 2.29 bits per heavy atom. The fraction of sp³-hybridized carbons (Fsp3) is 0.0800. The van der Waals surface area contributed by atoms with E-state index in [-0.39, 0.29) is 43.8 Å². The molecular weight excluding hydrogens is 492 g/mol. The predicted octanol–water partition coefficient (Wildman–Crippen LogP) is 7.55. The van der Waals surface area contributed by atoms with Crippen LogP contribution in [0.4, 0.5) is 13.2 Å². The van der Waals surface area contributed by atoms with Gasteiger partial charge >= 0.3 is 12.1 Å². The van der Waals surface area contributed by atoms with E-state index in [1.807, 2.05) is 0 Å². The first kappa shape index (κ1) is 23.7. The summed E-state index contributed by atoms with van der Waals surface area (Å²) in [4.78, 5) is 12.4. The van der Waals surface area contributed by atoms with E-state index in [0.29, 0.717) is 5.56 Å². The van der Waals surface area contributed by atoms with Crippen molar-refractivity contribution in [1.82, 2.24) is 0 Å². The van der Waals surface area contributed by atoms with Crippen molar-refractivity contribution >= 4 is 40.8 Å². The Balaban J connectivity index is 1.76. The number of rotatable bonds is 4. The number of halogens is 5. The van der Waals surface area contributed by atoms with E-state index in [4.69, 9.17) is 32.7 Å². The van der Waals surface area contributed by atoms with Crippen molar-refractivity contribution < 1.29 is 32.5 Å². The van der Waals surface area contributed by atoms with E-state index in [9.17, 15) is 23.1 Å². The Labute approximate surface area is 202 Å². The summed E-state index contributed by atoms with van der Waals surface area (Å²) in [7, 11) is 1.33. The minimum absolute atomic E-state index is 0.0405. The highest BCUT2D eigenvalue weighted by Gasteiger charge is 2.34. The Morgan fingerprint density at radius 2 is 1.65 bits per heavy atom. The van der Waals surface area contributed by atoms with E-state index < -0.39 is 23.5 Å². The first-order valence-corrected chi connectivity index (χ1v) is 10.5. The monoisotopic (exact) mass is 506 g/mol. The third-order valence-electron chi connectivity index (χ3n) is 5.07. The van der Waals surface area contributed by atoms with Crippen LogP contribution in [-0.2, 0) is 15.7 Å². The quantitative estimate of drug-likeness (QED) is 0.371. The third-order valence-corrected chi connectivity index (χ3v) is 5.51. The van der Waals surface area contributed by atoms with Crippen LogP contribution < -0.4 is 4.74 Å². The average Bonchev–Trinajstić information content (AvgIpc) is 3.05. The molecule has 0 aromatic heterocycles. The normalized spacial score (nSPS) is 15.1. The highest BCUT2D eigenvalue weighted by molar-refractivity contribution is 6.35. The number of benzene rings is 3. The number of hydrogen-bond acceptors (Lipinski definition) is 4. The van der Waals surface area contributed by atoms with Crippen molar-refractivity contribution in [2.24, 2.45) is 0 Å². The zero-order valence-corrected chi connectivity index (χ0v) is 18.9. The SMILES string of the molecule is COc1cc(C=C2OC(=O)C(c3cc(Cl)cc(Cl)c3)=C2O)ccc1-c1ccccc1C(F)(F)F. The predicted molar refractivity (Wildman–Crippen MR) is 124 cm³/mol. The lowest BCUT2D eigenvalue weighted by Crippen LogP contribution is -2.07. The number of aliphatic hydroxyl groups excluding tert-OH is 1. The summed E-state index contributed by atoms with van der Waals surface area (Å²) >= 11 is 12.0. The van der Waals surface area contributed by atoms with Gasteiger partial charge in [-0.3, -0.25) is 0 Å². The number of esters is 1. The second kappa shape index (κ2) is 9.08. The number of carbonyl (C=O) groups excluding carboxylic acids is 1. The number of carbonyl (C=O) groups is 1. The van der Waals surface area contributed by atoms with Crippen LogP contribution in [0.25, 0.3) is 22.8 Å². The van der Waals surface area contributed by atoms with E-state index in [2.05, 4.69) is 0 Å². The second-order valence-electron chi connectivity index (χ2n) is 7.28. The van der Waals surface area contributed by atoms with Gasteiger partial charge in [-0.2, -0.15) is 13.2 Å². The van der Waals surface area contributed by atoms with Crippen molar-refractivity contribution in [2.75, 3.05) is 7.11 Å². The van der Waals surface area contributed by atoms with Gasteiger partial charge < -0.3 is 14.6 Å². The van der Waals surface area contributed by atoms with Crippen LogP contribution in [0.3, 0.4) is 0 Å². The molecule has 0 unspecified atom stereocenters. The summed E-state index contributed by atoms with van der Waals surface area (Å²) in [6, 6.07) is 14.0. The molecule has 0 aliphatic carbocycles. The third kappa shape index (κ3) is 4.62. The highest BCUT2D eigenvalue weighted by atomic mass is 35.5. The summed E-state index contributed by atoms with van der Waals surface area (Å²) in [5, 5.41) is 11.2. The molecule has 174 valence electrons. The van der Waals surface area contributed by atoms with Crippen LogP contribution in [0, 0.1) is 0 Å². The zero-order valence-electron chi connectivity index (χ0n) is 17.4. The number of aliphatic hydroxyl groups is 1. The van der Waals surface area contributed by atoms with Crippen molar-refractivity contribution in [3.05, 3.63) is 98.9 Å². The van der Waals surface area contributed by atoms with Crippen LogP contribution in [0.1, 0.15) is 16.7 Å². The first-order valence-electron chi connectivity index (χ1n) is 9.77. The number of alkyl halides is 3. The summed E-state index contributed by atoms with van der Waals surface area (Å²) in [5.41, 5.74) is -0.0194. The number of ether oxygens (including phenoxy) is 2. The molecule has 34 heavy (non-hydrogen) atoms. The molecule has 1 N–H and O–H groups in total. The van der Waals surface area contributed by atoms with Crippen LogP contribution in [0.5, 0.6) is 5.75 Å². The maximum atomic E-state index is 13.5. The standard InChI is InChI=1S/C25H15Cl2F3O4/c1-33-20-8-13(6-7-18(20)17-4-2-3-5-19(17)25(28,29)30)9-21-23(31)22(24(32)34-21)14-10-15(26)12-16(27)11-14/h2-12,31H,1H3. The molecule has 0 fully saturated rings. The van der Waals surface area contributed by atoms with Crippen molar-refractivity contribution in [1.29, 1.82) is 0 Å². The molecule has 0 radical (unpaired) electrons. The molecule has 0 saturated heterocycles. The van der Waals surface area contributed by atoms with Gasteiger partial charge in [0.15, 0.2) is 11.5 Å². The lowest BCUT2D eigenvalue weighted by Gasteiger charge is -2.15. The molecule has 3 aromatic carbocycles. The minimum atomic E-state index is -4.55. The van der Waals surface area contributed by atoms with Crippen LogP contribution in [-0.4, -0.2) is 18.2 Å². The van der Waals surface area contributed by atoms with Gasteiger partial charge in [0.2, 0.25) is 0 Å². The van der Waals surface area contributed by atoms with Crippen LogP contribution in [0.15, 0.2) is 72.2 Å². The highest BCUT2D eigenvalue weighted by Crippen LogP contribution is 2.41. The van der Waals surface area contributed by atoms with Gasteiger partial charge in [0.1, 0.15) is 11.3 Å². The van der Waals surface area contributed by atoms with Gasteiger partial charge in [-0.05, 0) is 53.1 Å². The molecule has 0 spiro atoms. The van der Waals surface area contributed by atoms with E-state index in [0.717, 1.165) is 6.07 Å². The van der Waals surface area contributed by atoms with E-state index >= 15 is 0 Å². The molecule has 9 heteroatoms. The Hall–Kier alpha value is -3.42. The fourth-order valence-electron chi connectivity index (χ4n) is 3.61. The van der Waals surface area contributed by atoms with Gasteiger partial charge in [-0.15, -0.1) is 0 Å². The molecule has 0 atom stereocenters. The second-order valence-corrected chi connectivity index (χ2v) is 8.16. The van der Waals surface area contributed by atoms with Gasteiger partial charge in [-0.25, -0.2) is 4.79 Å². The van der Waals surface area contributed by atoms with Crippen LogP contribution >= 0.6 is 23.2 Å². The molecular formula is C25H15Cl2F3O4. The fourth-order valence-corrected chi connectivity index (χ4v) is 4.13. The molecule has 4 nitrogen and oxygen atoms in total. The molecule has 1 aliphatic heterocycles. The average molecular weight is 507 g/mol. The summed E-state index contributed by atoms with van der Waals surface area (Å²) in [5.74, 6) is -1.19. The summed E-state index contributed by atoms with van der Waals surface area (Å²) < 4.78 is 51.0. The maximum absolute atomic E-state index is 13.5. The van der Waals surface area contributed by atoms with Crippen LogP contribution in [0.2, 0.25) is 10.0 Å². The van der Waals surface area contributed by atoms with Gasteiger partial charge in [-0.1, -0.05) is 53.5 Å². The largest absolute Gasteiger partial charge is 0.504 e.